The zero-order valence-electron chi connectivity index (χ0n) is 22.0. The average molecular weight is 552 g/mol. The van der Waals surface area contributed by atoms with Crippen LogP contribution in [0, 0.1) is 6.92 Å². The Hall–Kier alpha value is -3.74. The summed E-state index contributed by atoms with van der Waals surface area (Å²) in [6.45, 7) is 2.07. The van der Waals surface area contributed by atoms with Crippen LogP contribution in [0.25, 0.3) is 21.2 Å². The van der Waals surface area contributed by atoms with Gasteiger partial charge in [0.25, 0.3) is 5.91 Å². The third kappa shape index (κ3) is 5.02. The number of aryl methyl sites for hydroxylation is 3. The minimum absolute atomic E-state index is 0.206. The van der Waals surface area contributed by atoms with Crippen molar-refractivity contribution in [2.45, 2.75) is 39.0 Å². The Morgan fingerprint density at radius 3 is 2.51 bits per heavy atom. The number of thiophene rings is 2. The van der Waals surface area contributed by atoms with Crippen molar-refractivity contribution in [2.75, 3.05) is 12.4 Å². The van der Waals surface area contributed by atoms with Gasteiger partial charge in [0, 0.05) is 15.6 Å². The summed E-state index contributed by atoms with van der Waals surface area (Å²) in [4.78, 5) is 27.5. The third-order valence-electron chi connectivity index (χ3n) is 7.47. The van der Waals surface area contributed by atoms with E-state index in [0.717, 1.165) is 45.2 Å². The summed E-state index contributed by atoms with van der Waals surface area (Å²) in [5, 5.41) is 6.63. The number of fused-ring (bicyclic) bond motifs is 2. The largest absolute Gasteiger partial charge is 0.465 e. The Balaban J connectivity index is 1.37. The van der Waals surface area contributed by atoms with E-state index in [1.165, 1.54) is 59.3 Å². The van der Waals surface area contributed by atoms with Crippen molar-refractivity contribution in [3.05, 3.63) is 110 Å². The number of carbonyl (C=O) groups is 2. The maximum Gasteiger partial charge on any atom is 0.341 e. The van der Waals surface area contributed by atoms with Crippen LogP contribution >= 0.6 is 22.7 Å². The zero-order chi connectivity index (χ0) is 26.9. The summed E-state index contributed by atoms with van der Waals surface area (Å²) in [6.07, 6.45) is 5.22. The van der Waals surface area contributed by atoms with Crippen LogP contribution in [0.4, 0.5) is 5.00 Å². The quantitative estimate of drug-likeness (QED) is 0.215. The van der Waals surface area contributed by atoms with Crippen LogP contribution in [0.1, 0.15) is 60.7 Å². The number of carbonyl (C=O) groups excluding carboxylic acids is 2. The van der Waals surface area contributed by atoms with E-state index in [-0.39, 0.29) is 5.91 Å². The van der Waals surface area contributed by atoms with Gasteiger partial charge in [0.15, 0.2) is 0 Å². The Morgan fingerprint density at radius 2 is 1.72 bits per heavy atom. The van der Waals surface area contributed by atoms with Gasteiger partial charge in [-0.25, -0.2) is 4.79 Å². The van der Waals surface area contributed by atoms with Gasteiger partial charge in [-0.3, -0.25) is 4.79 Å². The molecular formula is C33H29NO3S2. The number of rotatable bonds is 6. The fraction of sp³-hybridized carbons (Fsp3) is 0.212. The lowest BCUT2D eigenvalue weighted by molar-refractivity contribution is 0.0603. The predicted molar refractivity (Wildman–Crippen MR) is 161 cm³/mol. The molecule has 39 heavy (non-hydrogen) atoms. The second kappa shape index (κ2) is 10.8. The molecule has 196 valence electrons. The van der Waals surface area contributed by atoms with Gasteiger partial charge < -0.3 is 10.1 Å². The van der Waals surface area contributed by atoms with Crippen molar-refractivity contribution in [1.29, 1.82) is 0 Å². The van der Waals surface area contributed by atoms with Gasteiger partial charge in [-0.2, -0.15) is 0 Å². The van der Waals surface area contributed by atoms with Gasteiger partial charge in [0.2, 0.25) is 0 Å². The summed E-state index contributed by atoms with van der Waals surface area (Å²) < 4.78 is 6.25. The molecule has 0 bridgehead atoms. The fourth-order valence-corrected chi connectivity index (χ4v) is 7.46. The maximum atomic E-state index is 13.8. The monoisotopic (exact) mass is 551 g/mol. The van der Waals surface area contributed by atoms with E-state index in [0.29, 0.717) is 21.9 Å². The highest BCUT2D eigenvalue weighted by molar-refractivity contribution is 7.21. The number of methoxy groups -OCH3 is 1. The Labute approximate surface area is 236 Å². The van der Waals surface area contributed by atoms with Gasteiger partial charge in [-0.1, -0.05) is 66.2 Å². The lowest BCUT2D eigenvalue weighted by Crippen LogP contribution is -2.14. The smallest absolute Gasteiger partial charge is 0.341 e. The molecule has 2 aromatic heterocycles. The first kappa shape index (κ1) is 25.5. The molecule has 3 aromatic carbocycles. The number of anilines is 1. The zero-order valence-corrected chi connectivity index (χ0v) is 23.6. The molecule has 0 atom stereocenters. The first-order valence-corrected chi connectivity index (χ1v) is 14.9. The standard InChI is InChI=1S/C33H29NO3S2/c1-20-11-13-21(14-12-20)17-26-25-9-5-6-10-28(25)39-30(26)31(35)34-32-29(33(36)37-2)27(19-38-32)24-16-15-22-7-3-4-8-23(22)18-24/h5-6,9-16,18-19H,3-4,7-8,17H2,1-2H3,(H,34,35). The minimum atomic E-state index is -0.449. The highest BCUT2D eigenvalue weighted by Crippen LogP contribution is 2.39. The molecule has 6 rings (SSSR count). The molecule has 1 aliphatic rings. The van der Waals surface area contributed by atoms with Crippen LogP contribution in [0.2, 0.25) is 0 Å². The number of amides is 1. The summed E-state index contributed by atoms with van der Waals surface area (Å²) in [5.41, 5.74) is 8.28. The Kier molecular flexibility index (Phi) is 7.07. The Bertz CT molecular complexity index is 1690. The van der Waals surface area contributed by atoms with E-state index in [9.17, 15) is 9.59 Å². The van der Waals surface area contributed by atoms with Gasteiger partial charge in [-0.15, -0.1) is 22.7 Å². The molecule has 1 N–H and O–H groups in total. The average Bonchev–Trinajstić information content (AvgIpc) is 3.55. The highest BCUT2D eigenvalue weighted by Gasteiger charge is 2.25. The van der Waals surface area contributed by atoms with Gasteiger partial charge in [0.05, 0.1) is 12.0 Å². The van der Waals surface area contributed by atoms with Crippen molar-refractivity contribution in [1.82, 2.24) is 0 Å². The number of esters is 1. The van der Waals surface area contributed by atoms with E-state index in [4.69, 9.17) is 4.74 Å². The van der Waals surface area contributed by atoms with Crippen LogP contribution in [0.3, 0.4) is 0 Å². The van der Waals surface area contributed by atoms with Crippen molar-refractivity contribution in [3.8, 4) is 11.1 Å². The number of hydrogen-bond acceptors (Lipinski definition) is 5. The van der Waals surface area contributed by atoms with Crippen LogP contribution in [0.15, 0.2) is 72.1 Å². The van der Waals surface area contributed by atoms with E-state index < -0.39 is 5.97 Å². The highest BCUT2D eigenvalue weighted by atomic mass is 32.1. The van der Waals surface area contributed by atoms with Crippen LogP contribution < -0.4 is 5.32 Å². The molecule has 4 nitrogen and oxygen atoms in total. The molecular weight excluding hydrogens is 523 g/mol. The predicted octanol–water partition coefficient (Wildman–Crippen LogP) is 8.45. The molecule has 6 heteroatoms. The van der Waals surface area contributed by atoms with Crippen LogP contribution in [-0.4, -0.2) is 19.0 Å². The molecule has 0 aliphatic heterocycles. The number of benzene rings is 3. The molecule has 0 saturated carbocycles. The molecule has 0 spiro atoms. The molecule has 5 aromatic rings. The molecule has 0 fully saturated rings. The summed E-state index contributed by atoms with van der Waals surface area (Å²) in [5.74, 6) is -0.655. The van der Waals surface area contributed by atoms with Crippen molar-refractivity contribution >= 4 is 49.6 Å². The fourth-order valence-electron chi connectivity index (χ4n) is 5.40. The van der Waals surface area contributed by atoms with E-state index >= 15 is 0 Å². The Morgan fingerprint density at radius 1 is 0.949 bits per heavy atom. The molecule has 0 unspecified atom stereocenters. The number of ether oxygens (including phenoxy) is 1. The molecule has 0 saturated heterocycles. The van der Waals surface area contributed by atoms with Crippen molar-refractivity contribution < 1.29 is 14.3 Å². The second-order valence-electron chi connectivity index (χ2n) is 10.1. The maximum absolute atomic E-state index is 13.8. The van der Waals surface area contributed by atoms with E-state index in [1.807, 2.05) is 17.5 Å². The topological polar surface area (TPSA) is 55.4 Å². The summed E-state index contributed by atoms with van der Waals surface area (Å²) in [6, 6.07) is 23.0. The number of hydrogen-bond donors (Lipinski definition) is 1. The lowest BCUT2D eigenvalue weighted by atomic mass is 9.89. The second-order valence-corrected chi connectivity index (χ2v) is 12.0. The minimum Gasteiger partial charge on any atom is -0.465 e. The van der Waals surface area contributed by atoms with Crippen molar-refractivity contribution in [3.63, 3.8) is 0 Å². The van der Waals surface area contributed by atoms with Crippen LogP contribution in [0.5, 0.6) is 0 Å². The van der Waals surface area contributed by atoms with Crippen molar-refractivity contribution in [2.24, 2.45) is 0 Å². The normalized spacial score (nSPS) is 12.8. The van der Waals surface area contributed by atoms with Crippen LogP contribution in [-0.2, 0) is 24.0 Å². The first-order valence-electron chi connectivity index (χ1n) is 13.2. The molecule has 2 heterocycles. The third-order valence-corrected chi connectivity index (χ3v) is 9.58. The molecule has 1 amide bonds. The lowest BCUT2D eigenvalue weighted by Gasteiger charge is -2.16. The molecule has 0 radical (unpaired) electrons. The summed E-state index contributed by atoms with van der Waals surface area (Å²) in [7, 11) is 1.38. The first-order chi connectivity index (χ1) is 19.0. The van der Waals surface area contributed by atoms with Gasteiger partial charge in [0.1, 0.15) is 10.6 Å². The van der Waals surface area contributed by atoms with Gasteiger partial charge in [-0.05, 0) is 78.3 Å². The van der Waals surface area contributed by atoms with E-state index in [2.05, 4.69) is 66.8 Å². The summed E-state index contributed by atoms with van der Waals surface area (Å²) >= 11 is 2.85. The molecule has 1 aliphatic carbocycles. The number of nitrogens with one attached hydrogen (secondary N) is 1. The van der Waals surface area contributed by atoms with E-state index in [1.54, 1.807) is 0 Å². The van der Waals surface area contributed by atoms with Gasteiger partial charge >= 0.3 is 5.97 Å². The SMILES string of the molecule is COC(=O)c1c(-c2ccc3c(c2)CCCC3)csc1NC(=O)c1sc2ccccc2c1Cc1ccc(C)cc1.